The molecule has 0 aliphatic heterocycles. The molecule has 0 N–H and O–H groups in total. The summed E-state index contributed by atoms with van der Waals surface area (Å²) in [6, 6.07) is 16.9. The van der Waals surface area contributed by atoms with E-state index in [1.807, 2.05) is 18.5 Å². The molecule has 0 fully saturated rings. The molecule has 0 aliphatic rings. The maximum absolute atomic E-state index is 4.91. The van der Waals surface area contributed by atoms with Crippen LogP contribution in [-0.4, -0.2) is 15.0 Å². The molecule has 3 nitrogen and oxygen atoms in total. The van der Waals surface area contributed by atoms with Crippen LogP contribution in [0, 0.1) is 6.92 Å². The fourth-order valence-corrected chi connectivity index (χ4v) is 4.08. The van der Waals surface area contributed by atoms with Crippen molar-refractivity contribution in [3.63, 3.8) is 0 Å². The average molecular weight is 412 g/mol. The normalized spacial score (nSPS) is 11.3. The Labute approximate surface area is 182 Å². The summed E-state index contributed by atoms with van der Waals surface area (Å²) >= 11 is 1.79. The van der Waals surface area contributed by atoms with Crippen molar-refractivity contribution in [1.29, 1.82) is 0 Å². The lowest BCUT2D eigenvalue weighted by atomic mass is 10.1. The molecule has 150 valence electrons. The molecule has 0 saturated carbocycles. The summed E-state index contributed by atoms with van der Waals surface area (Å²) in [6.45, 7) is 6.44. The molecule has 0 aliphatic carbocycles. The van der Waals surface area contributed by atoms with Crippen LogP contribution in [0.1, 0.15) is 40.3 Å². The molecular weight excluding hydrogens is 386 g/mol. The van der Waals surface area contributed by atoms with Gasteiger partial charge in [0.2, 0.25) is 0 Å². The summed E-state index contributed by atoms with van der Waals surface area (Å²) in [5, 5.41) is 0. The minimum absolute atomic E-state index is 0.878. The molecule has 4 aromatic rings. The number of nitrogens with zero attached hydrogens (tertiary/aromatic N) is 3. The van der Waals surface area contributed by atoms with Gasteiger partial charge in [-0.2, -0.15) is 0 Å². The minimum Gasteiger partial charge on any atom is -0.255 e. The quantitative estimate of drug-likeness (QED) is 0.347. The monoisotopic (exact) mass is 411 g/mol. The highest BCUT2D eigenvalue weighted by Gasteiger charge is 2.09. The van der Waals surface area contributed by atoms with Crippen LogP contribution in [-0.2, 0) is 12.8 Å². The molecule has 0 unspecified atom stereocenters. The van der Waals surface area contributed by atoms with Crippen LogP contribution in [0.4, 0.5) is 0 Å². The zero-order chi connectivity index (χ0) is 20.9. The van der Waals surface area contributed by atoms with Crippen molar-refractivity contribution >= 4 is 23.5 Å². The summed E-state index contributed by atoms with van der Waals surface area (Å²) in [7, 11) is 0. The molecule has 0 radical (unpaired) electrons. The second-order valence-electron chi connectivity index (χ2n) is 7.26. The summed E-state index contributed by atoms with van der Waals surface area (Å²) < 4.78 is 0. The number of rotatable bonds is 6. The van der Waals surface area contributed by atoms with Gasteiger partial charge >= 0.3 is 0 Å². The Kier molecular flexibility index (Phi) is 6.15. The zero-order valence-electron chi connectivity index (χ0n) is 17.6. The van der Waals surface area contributed by atoms with Gasteiger partial charge in [-0.25, -0.2) is 4.98 Å². The highest BCUT2D eigenvalue weighted by atomic mass is 32.1. The lowest BCUT2D eigenvalue weighted by molar-refractivity contribution is 1.10. The summed E-state index contributed by atoms with van der Waals surface area (Å²) in [5.74, 6) is 0. The third-order valence-corrected chi connectivity index (χ3v) is 6.00. The Balaban J connectivity index is 1.70. The molecular formula is C26H25N3S. The smallest absolute Gasteiger partial charge is 0.0897 e. The molecule has 0 amide bonds. The van der Waals surface area contributed by atoms with Crippen LogP contribution in [0.2, 0.25) is 0 Å². The van der Waals surface area contributed by atoms with Gasteiger partial charge in [0.15, 0.2) is 0 Å². The molecule has 4 heteroatoms. The molecule has 4 heterocycles. The number of hydrogen-bond donors (Lipinski definition) is 0. The Morgan fingerprint density at radius 2 is 1.40 bits per heavy atom. The van der Waals surface area contributed by atoms with Gasteiger partial charge in [0.1, 0.15) is 0 Å². The first-order valence-corrected chi connectivity index (χ1v) is 11.1. The van der Waals surface area contributed by atoms with Gasteiger partial charge in [-0.05, 0) is 91.1 Å². The Morgan fingerprint density at radius 3 is 2.07 bits per heavy atom. The fraction of sp³-hybridized carbons (Fsp3) is 0.192. The second-order valence-corrected chi connectivity index (χ2v) is 8.58. The number of thiophene rings is 1. The SMILES string of the molecule is CCc1ccnc(-c2cc(CC)cc(-c3cc(/C=C/c4ccc(C)s4)ccn3)n2)c1. The van der Waals surface area contributed by atoms with E-state index in [4.69, 9.17) is 4.98 Å². The molecule has 0 atom stereocenters. The predicted octanol–water partition coefficient (Wildman–Crippen LogP) is 6.87. The van der Waals surface area contributed by atoms with E-state index < -0.39 is 0 Å². The number of hydrogen-bond acceptors (Lipinski definition) is 4. The van der Waals surface area contributed by atoms with Gasteiger partial charge in [0.25, 0.3) is 0 Å². The van der Waals surface area contributed by atoms with Crippen molar-refractivity contribution in [3.8, 4) is 22.8 Å². The van der Waals surface area contributed by atoms with Gasteiger partial charge in [-0.1, -0.05) is 19.9 Å². The Bertz CT molecular complexity index is 1190. The van der Waals surface area contributed by atoms with Crippen molar-refractivity contribution in [2.45, 2.75) is 33.6 Å². The van der Waals surface area contributed by atoms with E-state index in [0.29, 0.717) is 0 Å². The van der Waals surface area contributed by atoms with E-state index in [9.17, 15) is 0 Å². The van der Waals surface area contributed by atoms with Crippen molar-refractivity contribution in [2.24, 2.45) is 0 Å². The van der Waals surface area contributed by atoms with Crippen LogP contribution in [0.25, 0.3) is 34.9 Å². The zero-order valence-corrected chi connectivity index (χ0v) is 18.4. The molecule has 4 rings (SSSR count). The summed E-state index contributed by atoms with van der Waals surface area (Å²) in [6.07, 6.45) is 9.92. The van der Waals surface area contributed by atoms with Crippen molar-refractivity contribution in [1.82, 2.24) is 15.0 Å². The predicted molar refractivity (Wildman–Crippen MR) is 127 cm³/mol. The van der Waals surface area contributed by atoms with Crippen LogP contribution < -0.4 is 0 Å². The third kappa shape index (κ3) is 4.71. The topological polar surface area (TPSA) is 38.7 Å². The lowest BCUT2D eigenvalue weighted by Crippen LogP contribution is -1.96. The maximum Gasteiger partial charge on any atom is 0.0897 e. The van der Waals surface area contributed by atoms with Gasteiger partial charge in [0, 0.05) is 22.1 Å². The number of pyridine rings is 3. The van der Waals surface area contributed by atoms with Crippen LogP contribution in [0.3, 0.4) is 0 Å². The first kappa shape index (κ1) is 20.2. The Hall–Kier alpha value is -3.11. The first-order chi connectivity index (χ1) is 14.6. The Morgan fingerprint density at radius 1 is 0.733 bits per heavy atom. The van der Waals surface area contributed by atoms with Crippen LogP contribution in [0.5, 0.6) is 0 Å². The summed E-state index contributed by atoms with van der Waals surface area (Å²) in [5.41, 5.74) is 7.18. The first-order valence-electron chi connectivity index (χ1n) is 10.3. The van der Waals surface area contributed by atoms with Gasteiger partial charge < -0.3 is 0 Å². The van der Waals surface area contributed by atoms with E-state index in [0.717, 1.165) is 41.2 Å². The van der Waals surface area contributed by atoms with E-state index in [1.165, 1.54) is 20.9 Å². The number of aryl methyl sites for hydroxylation is 3. The molecule has 0 aromatic carbocycles. The van der Waals surface area contributed by atoms with Gasteiger partial charge in [-0.15, -0.1) is 11.3 Å². The van der Waals surface area contributed by atoms with E-state index in [2.05, 4.69) is 85.4 Å². The van der Waals surface area contributed by atoms with Gasteiger partial charge in [0.05, 0.1) is 22.8 Å². The molecule has 0 spiro atoms. The molecule has 0 bridgehead atoms. The average Bonchev–Trinajstić information content (AvgIpc) is 3.22. The van der Waals surface area contributed by atoms with Crippen molar-refractivity contribution in [3.05, 3.63) is 87.4 Å². The highest BCUT2D eigenvalue weighted by Crippen LogP contribution is 2.25. The lowest BCUT2D eigenvalue weighted by Gasteiger charge is -2.09. The molecule has 30 heavy (non-hydrogen) atoms. The highest BCUT2D eigenvalue weighted by molar-refractivity contribution is 7.12. The van der Waals surface area contributed by atoms with E-state index in [-0.39, 0.29) is 0 Å². The number of aromatic nitrogens is 3. The van der Waals surface area contributed by atoms with Crippen molar-refractivity contribution in [2.75, 3.05) is 0 Å². The van der Waals surface area contributed by atoms with Gasteiger partial charge in [-0.3, -0.25) is 9.97 Å². The van der Waals surface area contributed by atoms with Crippen LogP contribution in [0.15, 0.2) is 60.9 Å². The third-order valence-electron chi connectivity index (χ3n) is 5.04. The molecule has 0 saturated heterocycles. The molecule has 4 aromatic heterocycles. The van der Waals surface area contributed by atoms with E-state index >= 15 is 0 Å². The largest absolute Gasteiger partial charge is 0.255 e. The van der Waals surface area contributed by atoms with Crippen molar-refractivity contribution < 1.29 is 0 Å². The summed E-state index contributed by atoms with van der Waals surface area (Å²) in [4.78, 5) is 16.6. The standard InChI is InChI=1S/C26H25N3S/c1-4-19-10-12-27-23(14-19)25-15-20(5-2)16-26(29-25)24-17-21(11-13-28-24)7-9-22-8-6-18(3)30-22/h6-17H,4-5H2,1-3H3/b9-7+. The second kappa shape index (κ2) is 9.14. The van der Waals surface area contributed by atoms with E-state index in [1.54, 1.807) is 11.3 Å². The fourth-order valence-electron chi connectivity index (χ4n) is 3.30. The van der Waals surface area contributed by atoms with Crippen LogP contribution >= 0.6 is 11.3 Å². The maximum atomic E-state index is 4.91. The minimum atomic E-state index is 0.878.